The molecule has 0 saturated heterocycles. The zero-order chi connectivity index (χ0) is 25.3. The van der Waals surface area contributed by atoms with E-state index in [2.05, 4.69) is 9.97 Å². The number of aromatic amines is 1. The van der Waals surface area contributed by atoms with Gasteiger partial charge in [0.15, 0.2) is 10.9 Å². The Balaban J connectivity index is 1.80. The molecule has 0 radical (unpaired) electrons. The van der Waals surface area contributed by atoms with Crippen LogP contribution in [0.3, 0.4) is 0 Å². The number of hydrogen-bond acceptors (Lipinski definition) is 7. The number of aromatic nitrogens is 4. The Kier molecular flexibility index (Phi) is 6.74. The number of benzene rings is 2. The molecule has 180 valence electrons. The predicted molar refractivity (Wildman–Crippen MR) is 138 cm³/mol. The number of hydrogen-bond donors (Lipinski definition) is 2. The summed E-state index contributed by atoms with van der Waals surface area (Å²) in [5, 5.41) is 0.763. The molecule has 2 heterocycles. The van der Waals surface area contributed by atoms with Crippen molar-refractivity contribution in [1.82, 2.24) is 19.1 Å². The third-order valence-corrected chi connectivity index (χ3v) is 6.45. The van der Waals surface area contributed by atoms with Crippen molar-refractivity contribution >= 4 is 34.3 Å². The van der Waals surface area contributed by atoms with Crippen molar-refractivity contribution in [2.45, 2.75) is 38.9 Å². The van der Waals surface area contributed by atoms with E-state index in [1.807, 2.05) is 39.0 Å². The Morgan fingerprint density at radius 1 is 1.09 bits per heavy atom. The predicted octanol–water partition coefficient (Wildman–Crippen LogP) is 2.82. The summed E-state index contributed by atoms with van der Waals surface area (Å²) < 4.78 is 2.66. The first-order valence-electron chi connectivity index (χ1n) is 11.1. The fraction of sp³-hybridized carbons (Fsp3) is 0.240. The van der Waals surface area contributed by atoms with Crippen LogP contribution in [0.1, 0.15) is 34.8 Å². The summed E-state index contributed by atoms with van der Waals surface area (Å²) >= 11 is 1.03. The molecule has 0 spiro atoms. The van der Waals surface area contributed by atoms with Gasteiger partial charge in [-0.1, -0.05) is 36.9 Å². The molecule has 0 fully saturated rings. The van der Waals surface area contributed by atoms with Gasteiger partial charge in [0.2, 0.25) is 0 Å². The molecule has 2 aromatic carbocycles. The molecule has 0 atom stereocenters. The number of carbonyl (C=O) groups is 1. The number of nitrogens with zero attached hydrogens (tertiary/aromatic N) is 3. The summed E-state index contributed by atoms with van der Waals surface area (Å²) in [5.41, 5.74) is 7.11. The van der Waals surface area contributed by atoms with Gasteiger partial charge < -0.3 is 5.73 Å². The monoisotopic (exact) mass is 491 g/mol. The van der Waals surface area contributed by atoms with Crippen LogP contribution >= 0.6 is 11.8 Å². The van der Waals surface area contributed by atoms with E-state index >= 15 is 0 Å². The molecule has 0 aliphatic heterocycles. The van der Waals surface area contributed by atoms with Gasteiger partial charge in [-0.25, -0.2) is 9.78 Å². The van der Waals surface area contributed by atoms with E-state index in [0.29, 0.717) is 28.2 Å². The molecule has 0 amide bonds. The maximum absolute atomic E-state index is 13.5. The van der Waals surface area contributed by atoms with Gasteiger partial charge in [0.25, 0.3) is 11.1 Å². The first-order chi connectivity index (χ1) is 16.7. The molecule has 0 bridgehead atoms. The fourth-order valence-electron chi connectivity index (χ4n) is 4.02. The average molecular weight is 492 g/mol. The lowest BCUT2D eigenvalue weighted by Crippen LogP contribution is -2.36. The van der Waals surface area contributed by atoms with Crippen LogP contribution in [0.4, 0.5) is 5.82 Å². The highest BCUT2D eigenvalue weighted by atomic mass is 32.2. The minimum absolute atomic E-state index is 0.163. The molecule has 10 heteroatoms. The van der Waals surface area contributed by atoms with E-state index in [0.717, 1.165) is 22.9 Å². The van der Waals surface area contributed by atoms with Gasteiger partial charge in [0.05, 0.1) is 22.3 Å². The Hall–Kier alpha value is -3.92. The number of anilines is 1. The molecule has 0 aliphatic carbocycles. The average Bonchev–Trinajstić information content (AvgIpc) is 2.79. The van der Waals surface area contributed by atoms with E-state index in [4.69, 9.17) is 5.73 Å². The molecule has 4 rings (SSSR count). The SMILES string of the molecule is CCCn1c(N)c(C(=O)CSc2nc3ccccc3c(=O)n2-c2cc(C)cc(C)c2)c(=O)[nH]c1=O. The number of ketones is 1. The molecule has 4 aromatic rings. The van der Waals surface area contributed by atoms with Gasteiger partial charge in [0, 0.05) is 6.54 Å². The minimum atomic E-state index is -0.830. The Morgan fingerprint density at radius 2 is 1.77 bits per heavy atom. The van der Waals surface area contributed by atoms with Crippen LogP contribution in [0.25, 0.3) is 16.6 Å². The second kappa shape index (κ2) is 9.75. The molecule has 3 N–H and O–H groups in total. The van der Waals surface area contributed by atoms with Crippen LogP contribution < -0.4 is 22.5 Å². The molecule has 0 saturated carbocycles. The molecular weight excluding hydrogens is 466 g/mol. The minimum Gasteiger partial charge on any atom is -0.384 e. The molecule has 0 unspecified atom stereocenters. The molecule has 9 nitrogen and oxygen atoms in total. The van der Waals surface area contributed by atoms with Crippen molar-refractivity contribution in [2.24, 2.45) is 0 Å². The standard InChI is InChI=1S/C25H25N5O4S/c1-4-9-29-21(26)20(22(32)28-24(29)34)19(31)13-35-25-27-18-8-6-5-7-17(18)23(33)30(25)16-11-14(2)10-15(3)12-16/h5-8,10-12H,4,9,13,26H2,1-3H3,(H,28,32,34). The number of aryl methyl sites for hydroxylation is 2. The number of rotatable bonds is 7. The zero-order valence-corrected chi connectivity index (χ0v) is 20.4. The number of Topliss-reactive ketones (excluding diaryl/α,β-unsaturated/α-hetero) is 1. The largest absolute Gasteiger partial charge is 0.384 e. The maximum atomic E-state index is 13.5. The van der Waals surface area contributed by atoms with Crippen molar-refractivity contribution in [3.8, 4) is 5.69 Å². The Bertz CT molecular complexity index is 1610. The van der Waals surface area contributed by atoms with Crippen LogP contribution in [0.2, 0.25) is 0 Å². The van der Waals surface area contributed by atoms with Crippen molar-refractivity contribution in [3.63, 3.8) is 0 Å². The topological polar surface area (TPSA) is 133 Å². The number of nitrogens with two attached hydrogens (primary N) is 1. The first kappa shape index (κ1) is 24.2. The van der Waals surface area contributed by atoms with Crippen molar-refractivity contribution in [3.05, 3.63) is 90.3 Å². The quantitative estimate of drug-likeness (QED) is 0.231. The summed E-state index contributed by atoms with van der Waals surface area (Å²) in [6.07, 6.45) is 0.599. The number of nitrogens with one attached hydrogen (secondary N) is 1. The fourth-order valence-corrected chi connectivity index (χ4v) is 4.91. The second-order valence-electron chi connectivity index (χ2n) is 8.28. The number of para-hydroxylation sites is 1. The summed E-state index contributed by atoms with van der Waals surface area (Å²) in [5.74, 6) is -0.926. The number of nitrogen functional groups attached to an aromatic ring is 1. The Labute approximate surface area is 204 Å². The smallest absolute Gasteiger partial charge is 0.329 e. The number of fused-ring (bicyclic) bond motifs is 1. The van der Waals surface area contributed by atoms with Gasteiger partial charge in [-0.2, -0.15) is 0 Å². The molecule has 0 aliphatic rings. The van der Waals surface area contributed by atoms with E-state index in [9.17, 15) is 19.2 Å². The lowest BCUT2D eigenvalue weighted by molar-refractivity contribution is 0.102. The van der Waals surface area contributed by atoms with Gasteiger partial charge in [-0.3, -0.25) is 28.5 Å². The summed E-state index contributed by atoms with van der Waals surface area (Å²) in [6, 6.07) is 12.7. The molecule has 2 aromatic heterocycles. The van der Waals surface area contributed by atoms with Crippen LogP contribution in [-0.2, 0) is 6.54 Å². The van der Waals surface area contributed by atoms with E-state index < -0.39 is 17.0 Å². The lowest BCUT2D eigenvalue weighted by Gasteiger charge is -2.15. The summed E-state index contributed by atoms with van der Waals surface area (Å²) in [7, 11) is 0. The van der Waals surface area contributed by atoms with Crippen LogP contribution in [0.5, 0.6) is 0 Å². The highest BCUT2D eigenvalue weighted by Gasteiger charge is 2.21. The van der Waals surface area contributed by atoms with Crippen molar-refractivity contribution in [1.29, 1.82) is 0 Å². The van der Waals surface area contributed by atoms with Gasteiger partial charge in [-0.05, 0) is 55.7 Å². The highest BCUT2D eigenvalue weighted by Crippen LogP contribution is 2.24. The third kappa shape index (κ3) is 4.69. The number of carbonyl (C=O) groups excluding carboxylic acids is 1. The van der Waals surface area contributed by atoms with Crippen molar-refractivity contribution in [2.75, 3.05) is 11.5 Å². The number of H-pyrrole nitrogens is 1. The Morgan fingerprint density at radius 3 is 2.46 bits per heavy atom. The third-order valence-electron chi connectivity index (χ3n) is 5.51. The van der Waals surface area contributed by atoms with E-state index in [1.165, 1.54) is 9.13 Å². The van der Waals surface area contributed by atoms with Gasteiger partial charge in [0.1, 0.15) is 11.4 Å². The van der Waals surface area contributed by atoms with Gasteiger partial charge in [-0.15, -0.1) is 0 Å². The maximum Gasteiger partial charge on any atom is 0.329 e. The molecular formula is C25H25N5O4S. The van der Waals surface area contributed by atoms with Crippen LogP contribution in [0.15, 0.2) is 62.0 Å². The second-order valence-corrected chi connectivity index (χ2v) is 9.22. The van der Waals surface area contributed by atoms with E-state index in [-0.39, 0.29) is 29.2 Å². The van der Waals surface area contributed by atoms with Crippen LogP contribution in [-0.4, -0.2) is 30.6 Å². The highest BCUT2D eigenvalue weighted by molar-refractivity contribution is 7.99. The summed E-state index contributed by atoms with van der Waals surface area (Å²) in [6.45, 7) is 6.00. The number of thioether (sulfide) groups is 1. The first-order valence-corrected chi connectivity index (χ1v) is 12.1. The van der Waals surface area contributed by atoms with Crippen molar-refractivity contribution < 1.29 is 4.79 Å². The van der Waals surface area contributed by atoms with Crippen LogP contribution in [0, 0.1) is 13.8 Å². The zero-order valence-electron chi connectivity index (χ0n) is 19.6. The van der Waals surface area contributed by atoms with Gasteiger partial charge >= 0.3 is 5.69 Å². The molecule has 35 heavy (non-hydrogen) atoms. The normalized spacial score (nSPS) is 11.2. The van der Waals surface area contributed by atoms with E-state index in [1.54, 1.807) is 24.3 Å². The summed E-state index contributed by atoms with van der Waals surface area (Å²) in [4.78, 5) is 57.9. The lowest BCUT2D eigenvalue weighted by atomic mass is 10.1.